The number of benzene rings is 1. The zero-order chi connectivity index (χ0) is 14.4. The molecule has 4 N–H and O–H groups in total. The molecule has 20 heavy (non-hydrogen) atoms. The van der Waals surface area contributed by atoms with Crippen LogP contribution in [0.1, 0.15) is 24.8 Å². The van der Waals surface area contributed by atoms with Gasteiger partial charge in [-0.3, -0.25) is 4.79 Å². The van der Waals surface area contributed by atoms with Crippen molar-refractivity contribution in [1.29, 1.82) is 0 Å². The van der Waals surface area contributed by atoms with Gasteiger partial charge in [-0.1, -0.05) is 30.3 Å². The first-order valence-electron chi connectivity index (χ1n) is 7.49. The molecular weight excluding hydrogens is 250 g/mol. The summed E-state index contributed by atoms with van der Waals surface area (Å²) in [7, 11) is 0. The van der Waals surface area contributed by atoms with Crippen molar-refractivity contribution in [3.63, 3.8) is 0 Å². The number of nitrogens with zero attached hydrogens (tertiary/aromatic N) is 1. The summed E-state index contributed by atoms with van der Waals surface area (Å²) >= 11 is 0. The fourth-order valence-electron chi connectivity index (χ4n) is 2.90. The summed E-state index contributed by atoms with van der Waals surface area (Å²) in [5.74, 6) is 0.339. The highest BCUT2D eigenvalue weighted by atomic mass is 16.2. The topological polar surface area (TPSA) is 72.3 Å². The van der Waals surface area contributed by atoms with Crippen molar-refractivity contribution in [2.75, 3.05) is 19.6 Å². The summed E-state index contributed by atoms with van der Waals surface area (Å²) in [5, 5.41) is 0. The molecule has 1 aliphatic carbocycles. The van der Waals surface area contributed by atoms with Gasteiger partial charge in [0.05, 0.1) is 0 Å². The minimum atomic E-state index is 0.104. The summed E-state index contributed by atoms with van der Waals surface area (Å²) < 4.78 is 0. The largest absolute Gasteiger partial charge is 0.341 e. The van der Waals surface area contributed by atoms with Crippen molar-refractivity contribution in [3.8, 4) is 0 Å². The van der Waals surface area contributed by atoms with Gasteiger partial charge >= 0.3 is 0 Å². The van der Waals surface area contributed by atoms with Gasteiger partial charge in [0.15, 0.2) is 0 Å². The predicted molar refractivity (Wildman–Crippen MR) is 81.1 cm³/mol. The van der Waals surface area contributed by atoms with Crippen molar-refractivity contribution in [2.45, 2.75) is 31.7 Å². The Morgan fingerprint density at radius 1 is 1.20 bits per heavy atom. The Morgan fingerprint density at radius 2 is 1.95 bits per heavy atom. The highest BCUT2D eigenvalue weighted by molar-refractivity contribution is 5.79. The van der Waals surface area contributed by atoms with Gasteiger partial charge in [0.25, 0.3) is 0 Å². The number of amides is 1. The molecule has 0 spiro atoms. The minimum Gasteiger partial charge on any atom is -0.341 e. The Balaban J connectivity index is 1.91. The summed E-state index contributed by atoms with van der Waals surface area (Å²) in [5.41, 5.74) is 12.8. The zero-order valence-corrected chi connectivity index (χ0v) is 12.0. The second-order valence-electron chi connectivity index (χ2n) is 5.62. The number of hydrogen-bond donors (Lipinski definition) is 2. The van der Waals surface area contributed by atoms with Gasteiger partial charge in [0.2, 0.25) is 5.91 Å². The van der Waals surface area contributed by atoms with Crippen LogP contribution in [-0.2, 0) is 11.2 Å². The van der Waals surface area contributed by atoms with E-state index < -0.39 is 0 Å². The third-order valence-corrected chi connectivity index (χ3v) is 4.05. The van der Waals surface area contributed by atoms with Crippen LogP contribution in [0, 0.1) is 5.92 Å². The van der Waals surface area contributed by atoms with Gasteiger partial charge in [-0.25, -0.2) is 0 Å². The zero-order valence-electron chi connectivity index (χ0n) is 12.0. The maximum atomic E-state index is 12.5. The Bertz CT molecular complexity index is 421. The molecule has 0 heterocycles. The molecule has 2 atom stereocenters. The van der Waals surface area contributed by atoms with E-state index in [4.69, 9.17) is 11.5 Å². The van der Waals surface area contributed by atoms with E-state index in [0.29, 0.717) is 13.1 Å². The van der Waals surface area contributed by atoms with E-state index >= 15 is 0 Å². The Labute approximate surface area is 121 Å². The van der Waals surface area contributed by atoms with Crippen molar-refractivity contribution < 1.29 is 4.79 Å². The number of carbonyl (C=O) groups excluding carboxylic acids is 1. The predicted octanol–water partition coefficient (Wildman–Crippen LogP) is 1.14. The van der Waals surface area contributed by atoms with Crippen LogP contribution in [0.2, 0.25) is 0 Å². The molecule has 4 nitrogen and oxygen atoms in total. The summed E-state index contributed by atoms with van der Waals surface area (Å²) in [4.78, 5) is 14.4. The SMILES string of the molecule is NCCN(CCc1ccccc1)C(=O)C1CCC(N)C1. The summed E-state index contributed by atoms with van der Waals surface area (Å²) in [6, 6.07) is 10.4. The normalized spacial score (nSPS) is 21.9. The molecule has 1 aliphatic rings. The molecule has 110 valence electrons. The maximum absolute atomic E-state index is 12.5. The molecule has 2 rings (SSSR count). The van der Waals surface area contributed by atoms with Crippen LogP contribution in [0.25, 0.3) is 0 Å². The van der Waals surface area contributed by atoms with E-state index in [-0.39, 0.29) is 17.9 Å². The molecule has 1 saturated carbocycles. The van der Waals surface area contributed by atoms with Crippen LogP contribution >= 0.6 is 0 Å². The second-order valence-corrected chi connectivity index (χ2v) is 5.62. The minimum absolute atomic E-state index is 0.104. The maximum Gasteiger partial charge on any atom is 0.225 e. The molecule has 0 aliphatic heterocycles. The van der Waals surface area contributed by atoms with Crippen LogP contribution in [0.3, 0.4) is 0 Å². The fraction of sp³-hybridized carbons (Fsp3) is 0.562. The van der Waals surface area contributed by atoms with E-state index in [1.165, 1.54) is 5.56 Å². The van der Waals surface area contributed by atoms with Gasteiger partial charge in [-0.05, 0) is 31.2 Å². The molecule has 4 heteroatoms. The average Bonchev–Trinajstić information content (AvgIpc) is 2.90. The molecule has 1 aromatic rings. The summed E-state index contributed by atoms with van der Waals surface area (Å²) in [6.45, 7) is 1.89. The van der Waals surface area contributed by atoms with Crippen LogP contribution < -0.4 is 11.5 Å². The third-order valence-electron chi connectivity index (χ3n) is 4.05. The van der Waals surface area contributed by atoms with Crippen molar-refractivity contribution in [3.05, 3.63) is 35.9 Å². The first kappa shape index (κ1) is 15.0. The number of hydrogen-bond acceptors (Lipinski definition) is 3. The number of rotatable bonds is 6. The quantitative estimate of drug-likeness (QED) is 0.818. The Morgan fingerprint density at radius 3 is 2.55 bits per heavy atom. The fourth-order valence-corrected chi connectivity index (χ4v) is 2.90. The Hall–Kier alpha value is -1.39. The van der Waals surface area contributed by atoms with E-state index in [1.54, 1.807) is 0 Å². The lowest BCUT2D eigenvalue weighted by molar-refractivity contribution is -0.135. The van der Waals surface area contributed by atoms with Crippen LogP contribution in [0.4, 0.5) is 0 Å². The van der Waals surface area contributed by atoms with Crippen molar-refractivity contribution >= 4 is 5.91 Å². The van der Waals surface area contributed by atoms with Crippen molar-refractivity contribution in [2.24, 2.45) is 17.4 Å². The lowest BCUT2D eigenvalue weighted by atomic mass is 10.1. The van der Waals surface area contributed by atoms with Crippen molar-refractivity contribution in [1.82, 2.24) is 4.90 Å². The van der Waals surface area contributed by atoms with Gasteiger partial charge in [0, 0.05) is 31.6 Å². The third kappa shape index (κ3) is 4.05. The van der Waals surface area contributed by atoms with E-state index in [1.807, 2.05) is 23.1 Å². The second kappa shape index (κ2) is 7.41. The molecule has 0 bridgehead atoms. The van der Waals surface area contributed by atoms with Gasteiger partial charge < -0.3 is 16.4 Å². The highest BCUT2D eigenvalue weighted by Crippen LogP contribution is 2.26. The smallest absolute Gasteiger partial charge is 0.225 e. The lowest BCUT2D eigenvalue weighted by Gasteiger charge is -2.25. The molecule has 1 amide bonds. The number of carbonyl (C=O) groups is 1. The van der Waals surface area contributed by atoms with E-state index in [9.17, 15) is 4.79 Å². The molecule has 1 fully saturated rings. The first-order chi connectivity index (χ1) is 9.70. The molecule has 0 saturated heterocycles. The van der Waals surface area contributed by atoms with E-state index in [2.05, 4.69) is 12.1 Å². The number of nitrogens with two attached hydrogens (primary N) is 2. The monoisotopic (exact) mass is 275 g/mol. The van der Waals surface area contributed by atoms with Crippen LogP contribution in [0.15, 0.2) is 30.3 Å². The molecule has 0 aromatic heterocycles. The lowest BCUT2D eigenvalue weighted by Crippen LogP contribution is -2.40. The van der Waals surface area contributed by atoms with E-state index in [0.717, 1.165) is 32.2 Å². The Kier molecular flexibility index (Phi) is 5.56. The highest BCUT2D eigenvalue weighted by Gasteiger charge is 2.30. The average molecular weight is 275 g/mol. The molecular formula is C16H25N3O. The van der Waals surface area contributed by atoms with Gasteiger partial charge in [0.1, 0.15) is 0 Å². The van der Waals surface area contributed by atoms with Gasteiger partial charge in [-0.2, -0.15) is 0 Å². The molecule has 0 radical (unpaired) electrons. The van der Waals surface area contributed by atoms with Gasteiger partial charge in [-0.15, -0.1) is 0 Å². The van der Waals surface area contributed by atoms with Crippen LogP contribution in [-0.4, -0.2) is 36.5 Å². The summed E-state index contributed by atoms with van der Waals surface area (Å²) in [6.07, 6.45) is 3.59. The standard InChI is InChI=1S/C16H25N3O/c17-9-11-19(10-8-13-4-2-1-3-5-13)16(20)14-6-7-15(18)12-14/h1-5,14-15H,6-12,17-18H2. The van der Waals surface area contributed by atoms with Crippen LogP contribution in [0.5, 0.6) is 0 Å². The molecule has 2 unspecified atom stereocenters. The molecule has 1 aromatic carbocycles. The first-order valence-corrected chi connectivity index (χ1v) is 7.49.